The van der Waals surface area contributed by atoms with Gasteiger partial charge in [-0.3, -0.25) is 10.1 Å². The number of benzene rings is 1. The van der Waals surface area contributed by atoms with Crippen molar-refractivity contribution in [1.82, 2.24) is 4.90 Å². The minimum atomic E-state index is -0.546. The lowest BCUT2D eigenvalue weighted by Crippen LogP contribution is -2.49. The number of carbonyl (C=O) groups is 1. The molecule has 0 spiro atoms. The molecule has 2 saturated heterocycles. The number of non-ortho nitro benzene ring substituents is 1. The summed E-state index contributed by atoms with van der Waals surface area (Å²) in [6.07, 6.45) is 0.0966. The zero-order chi connectivity index (χ0) is 17.7. The van der Waals surface area contributed by atoms with E-state index >= 15 is 0 Å². The number of epoxide rings is 1. The Morgan fingerprint density at radius 2 is 2.17 bits per heavy atom. The average molecular weight is 334 g/mol. The van der Waals surface area contributed by atoms with Crippen LogP contribution in [-0.4, -0.2) is 40.2 Å². The largest absolute Gasteiger partial charge is 0.444 e. The van der Waals surface area contributed by atoms with Gasteiger partial charge in [-0.2, -0.15) is 0 Å². The molecule has 1 amide bonds. The molecule has 0 aromatic heterocycles. The number of hydrogen-bond donors (Lipinski definition) is 0. The summed E-state index contributed by atoms with van der Waals surface area (Å²) in [4.78, 5) is 24.6. The molecule has 130 valence electrons. The third-order valence-electron chi connectivity index (χ3n) is 4.48. The van der Waals surface area contributed by atoms with Crippen LogP contribution in [0.25, 0.3) is 0 Å². The van der Waals surface area contributed by atoms with Crippen LogP contribution in [0.1, 0.15) is 39.7 Å². The van der Waals surface area contributed by atoms with E-state index in [0.717, 1.165) is 5.56 Å². The Kier molecular flexibility index (Phi) is 3.79. The van der Waals surface area contributed by atoms with Gasteiger partial charge in [-0.25, -0.2) is 4.79 Å². The summed E-state index contributed by atoms with van der Waals surface area (Å²) in [5.41, 5.74) is -0.213. The molecule has 0 radical (unpaired) electrons. The maximum absolute atomic E-state index is 12.3. The highest BCUT2D eigenvalue weighted by Gasteiger charge is 2.62. The molecule has 3 rings (SSSR count). The van der Waals surface area contributed by atoms with Gasteiger partial charge in [-0.15, -0.1) is 0 Å². The van der Waals surface area contributed by atoms with Crippen molar-refractivity contribution in [2.24, 2.45) is 0 Å². The van der Waals surface area contributed by atoms with Crippen molar-refractivity contribution in [1.29, 1.82) is 0 Å². The van der Waals surface area contributed by atoms with Crippen molar-refractivity contribution in [3.63, 3.8) is 0 Å². The number of fused-ring (bicyclic) bond motifs is 1. The average Bonchev–Trinajstić information content (AvgIpc) is 3.19. The number of amides is 1. The van der Waals surface area contributed by atoms with Gasteiger partial charge < -0.3 is 14.4 Å². The van der Waals surface area contributed by atoms with Gasteiger partial charge >= 0.3 is 6.09 Å². The molecule has 1 aromatic rings. The predicted octanol–water partition coefficient (Wildman–Crippen LogP) is 3.22. The molecule has 0 bridgehead atoms. The Morgan fingerprint density at radius 3 is 2.79 bits per heavy atom. The predicted molar refractivity (Wildman–Crippen MR) is 86.7 cm³/mol. The van der Waals surface area contributed by atoms with Gasteiger partial charge in [0, 0.05) is 24.6 Å². The Bertz CT molecular complexity index is 684. The van der Waals surface area contributed by atoms with Crippen LogP contribution in [0.5, 0.6) is 0 Å². The van der Waals surface area contributed by atoms with E-state index in [-0.39, 0.29) is 23.9 Å². The standard InChI is InChI=1S/C17H22N2O5/c1-11-9-17(12-6-5-7-13(8-12)19(21)22)14(23-17)10-18(11)15(20)24-16(2,3)4/h5-8,11,14H,9-10H2,1-4H3/t11-,14+,17-/m1/s1. The molecule has 3 atom stereocenters. The summed E-state index contributed by atoms with van der Waals surface area (Å²) in [7, 11) is 0. The van der Waals surface area contributed by atoms with E-state index in [9.17, 15) is 14.9 Å². The fourth-order valence-corrected chi connectivity index (χ4v) is 3.32. The van der Waals surface area contributed by atoms with Crippen LogP contribution >= 0.6 is 0 Å². The zero-order valence-electron chi connectivity index (χ0n) is 14.3. The number of nitrogens with zero attached hydrogens (tertiary/aromatic N) is 2. The first-order valence-electron chi connectivity index (χ1n) is 8.05. The van der Waals surface area contributed by atoms with Gasteiger partial charge in [0.1, 0.15) is 17.3 Å². The van der Waals surface area contributed by atoms with Crippen LogP contribution in [0, 0.1) is 10.1 Å². The lowest BCUT2D eigenvalue weighted by molar-refractivity contribution is -0.385. The summed E-state index contributed by atoms with van der Waals surface area (Å²) in [5, 5.41) is 11.0. The van der Waals surface area contributed by atoms with Crippen molar-refractivity contribution in [2.75, 3.05) is 6.54 Å². The molecule has 0 N–H and O–H groups in total. The molecular weight excluding hydrogens is 312 g/mol. The van der Waals surface area contributed by atoms with Crippen molar-refractivity contribution in [2.45, 2.75) is 57.5 Å². The molecule has 0 saturated carbocycles. The lowest BCUT2D eigenvalue weighted by atomic mass is 9.85. The number of nitro groups is 1. The highest BCUT2D eigenvalue weighted by atomic mass is 16.6. The number of hydrogen-bond acceptors (Lipinski definition) is 5. The first-order chi connectivity index (χ1) is 11.1. The molecule has 2 heterocycles. The molecule has 2 aliphatic rings. The second-order valence-corrected chi connectivity index (χ2v) is 7.49. The van der Waals surface area contributed by atoms with Gasteiger partial charge in [-0.05, 0) is 33.3 Å². The van der Waals surface area contributed by atoms with Gasteiger partial charge in [0.05, 0.1) is 11.5 Å². The SMILES string of the molecule is C[C@@H]1C[C@]2(c3cccc([N+](=O)[O-])c3)O[C@H]2CN1C(=O)OC(C)(C)C. The molecule has 0 unspecified atom stereocenters. The highest BCUT2D eigenvalue weighted by Crippen LogP contribution is 2.54. The number of likely N-dealkylation sites (tertiary alicyclic amines) is 1. The van der Waals surface area contributed by atoms with Crippen LogP contribution in [0.15, 0.2) is 24.3 Å². The fraction of sp³-hybridized carbons (Fsp3) is 0.588. The summed E-state index contributed by atoms with van der Waals surface area (Å²) in [6, 6.07) is 6.49. The van der Waals surface area contributed by atoms with Crippen LogP contribution in [0.4, 0.5) is 10.5 Å². The summed E-state index contributed by atoms with van der Waals surface area (Å²) < 4.78 is 11.3. The maximum atomic E-state index is 12.3. The van der Waals surface area contributed by atoms with Crippen molar-refractivity contribution in [3.8, 4) is 0 Å². The molecule has 7 heteroatoms. The molecule has 2 aliphatic heterocycles. The van der Waals surface area contributed by atoms with Crippen molar-refractivity contribution >= 4 is 11.8 Å². The van der Waals surface area contributed by atoms with Crippen molar-refractivity contribution in [3.05, 3.63) is 39.9 Å². The zero-order valence-corrected chi connectivity index (χ0v) is 14.3. The van der Waals surface area contributed by atoms with Gasteiger partial charge in [0.2, 0.25) is 0 Å². The lowest BCUT2D eigenvalue weighted by Gasteiger charge is -2.36. The van der Waals surface area contributed by atoms with E-state index in [1.165, 1.54) is 6.07 Å². The van der Waals surface area contributed by atoms with E-state index in [1.54, 1.807) is 17.0 Å². The summed E-state index contributed by atoms with van der Waals surface area (Å²) in [5.74, 6) is 0. The maximum Gasteiger partial charge on any atom is 0.410 e. The van der Waals surface area contributed by atoms with Gasteiger partial charge in [-0.1, -0.05) is 12.1 Å². The summed E-state index contributed by atoms with van der Waals surface area (Å²) in [6.45, 7) is 7.88. The second kappa shape index (κ2) is 5.44. The van der Waals surface area contributed by atoms with E-state index in [1.807, 2.05) is 33.8 Å². The Labute approximate surface area is 140 Å². The van der Waals surface area contributed by atoms with Gasteiger partial charge in [0.15, 0.2) is 0 Å². The molecule has 0 aliphatic carbocycles. The molecule has 2 fully saturated rings. The summed E-state index contributed by atoms with van der Waals surface area (Å²) >= 11 is 0. The van der Waals surface area contributed by atoms with Crippen molar-refractivity contribution < 1.29 is 19.2 Å². The normalized spacial score (nSPS) is 28.9. The Balaban J connectivity index is 1.77. The van der Waals surface area contributed by atoms with Crippen LogP contribution < -0.4 is 0 Å². The van der Waals surface area contributed by atoms with Crippen LogP contribution in [-0.2, 0) is 15.1 Å². The fourth-order valence-electron chi connectivity index (χ4n) is 3.32. The topological polar surface area (TPSA) is 85.2 Å². The highest BCUT2D eigenvalue weighted by molar-refractivity contribution is 5.69. The number of piperidine rings is 1. The number of carbonyl (C=O) groups excluding carboxylic acids is 1. The minimum Gasteiger partial charge on any atom is -0.444 e. The molecular formula is C17H22N2O5. The number of nitro benzene ring substituents is 1. The quantitative estimate of drug-likeness (QED) is 0.471. The van der Waals surface area contributed by atoms with E-state index in [2.05, 4.69) is 0 Å². The molecule has 24 heavy (non-hydrogen) atoms. The number of ether oxygens (including phenoxy) is 2. The Morgan fingerprint density at radius 1 is 1.46 bits per heavy atom. The molecule has 1 aromatic carbocycles. The van der Waals surface area contributed by atoms with Crippen LogP contribution in [0.2, 0.25) is 0 Å². The first kappa shape index (κ1) is 16.7. The smallest absolute Gasteiger partial charge is 0.410 e. The molecule has 7 nitrogen and oxygen atoms in total. The third kappa shape index (κ3) is 2.96. The van der Waals surface area contributed by atoms with Crippen LogP contribution in [0.3, 0.4) is 0 Å². The third-order valence-corrected chi connectivity index (χ3v) is 4.48. The first-order valence-corrected chi connectivity index (χ1v) is 8.05. The van der Waals surface area contributed by atoms with E-state index < -0.39 is 16.1 Å². The van der Waals surface area contributed by atoms with E-state index in [0.29, 0.717) is 13.0 Å². The minimum absolute atomic E-state index is 0.0540. The Hall–Kier alpha value is -2.15. The second-order valence-electron chi connectivity index (χ2n) is 7.49. The monoisotopic (exact) mass is 334 g/mol. The van der Waals surface area contributed by atoms with Gasteiger partial charge in [0.25, 0.3) is 5.69 Å². The van der Waals surface area contributed by atoms with E-state index in [4.69, 9.17) is 9.47 Å². The number of rotatable bonds is 2.